The largest absolute Gasteiger partial charge is 0.573 e. The fraction of sp³-hybridized carbons (Fsp3) is 0.200. The lowest BCUT2D eigenvalue weighted by Gasteiger charge is -2.21. The highest BCUT2D eigenvalue weighted by Crippen LogP contribution is 2.34. The van der Waals surface area contributed by atoms with Gasteiger partial charge in [0.2, 0.25) is 5.91 Å². The molecule has 3 amide bonds. The average Bonchev–Trinajstić information content (AvgIpc) is 3.63. The van der Waals surface area contributed by atoms with Crippen LogP contribution in [0.4, 0.5) is 28.0 Å². The number of carbonyl (C=O) groups excluding carboxylic acids is 2. The molecule has 4 aromatic rings. The summed E-state index contributed by atoms with van der Waals surface area (Å²) in [5.74, 6) is -0.868. The molecule has 0 radical (unpaired) electrons. The van der Waals surface area contributed by atoms with Crippen molar-refractivity contribution in [3.63, 3.8) is 0 Å². The Morgan fingerprint density at radius 3 is 2.47 bits per heavy atom. The molecule has 0 spiro atoms. The van der Waals surface area contributed by atoms with Gasteiger partial charge in [-0.3, -0.25) is 9.69 Å². The van der Waals surface area contributed by atoms with Crippen LogP contribution >= 0.6 is 11.8 Å². The summed E-state index contributed by atoms with van der Waals surface area (Å²) in [5, 5.41) is 16.8. The van der Waals surface area contributed by atoms with Crippen LogP contribution in [0.5, 0.6) is 5.75 Å². The lowest BCUT2D eigenvalue weighted by atomic mass is 10.0. The van der Waals surface area contributed by atoms with Crippen molar-refractivity contribution in [1.29, 1.82) is 5.26 Å². The smallest absolute Gasteiger partial charge is 0.406 e. The molecule has 2 heterocycles. The molecule has 0 aliphatic carbocycles. The fourth-order valence-corrected chi connectivity index (χ4v) is 5.31. The lowest BCUT2D eigenvalue weighted by Crippen LogP contribution is -2.33. The van der Waals surface area contributed by atoms with E-state index in [1.54, 1.807) is 24.3 Å². The predicted molar refractivity (Wildman–Crippen MR) is 158 cm³/mol. The zero-order chi connectivity index (χ0) is 32.3. The van der Waals surface area contributed by atoms with E-state index in [-0.39, 0.29) is 28.5 Å². The molecule has 15 heteroatoms. The molecule has 45 heavy (non-hydrogen) atoms. The van der Waals surface area contributed by atoms with Crippen LogP contribution in [0.25, 0.3) is 17.1 Å². The second-order valence-corrected chi connectivity index (χ2v) is 10.9. The van der Waals surface area contributed by atoms with E-state index in [0.29, 0.717) is 33.9 Å². The highest BCUT2D eigenvalue weighted by molar-refractivity contribution is 8.15. The average molecular weight is 638 g/mol. The second kappa shape index (κ2) is 12.8. The van der Waals surface area contributed by atoms with Gasteiger partial charge in [-0.15, -0.1) is 18.3 Å². The molecule has 1 aliphatic heterocycles. The zero-order valence-corrected chi connectivity index (χ0v) is 24.4. The molecule has 230 valence electrons. The molecule has 1 aliphatic rings. The molecule has 1 fully saturated rings. The molecule has 0 bridgehead atoms. The number of carbonyl (C=O) groups is 2. The second-order valence-electron chi connectivity index (χ2n) is 9.96. The van der Waals surface area contributed by atoms with E-state index in [1.807, 2.05) is 19.9 Å². The van der Waals surface area contributed by atoms with Gasteiger partial charge in [0, 0.05) is 5.56 Å². The zero-order valence-electron chi connectivity index (χ0n) is 23.6. The van der Waals surface area contributed by atoms with E-state index in [1.165, 1.54) is 46.2 Å². The normalized spacial score (nSPS) is 14.9. The quantitative estimate of drug-likeness (QED) is 0.229. The number of aliphatic imine (C=N–C) groups is 1. The molecule has 5 rings (SSSR count). The number of anilines is 1. The minimum absolute atomic E-state index is 0.0474. The van der Waals surface area contributed by atoms with E-state index < -0.39 is 24.3 Å². The number of hydrogen-bond donors (Lipinski definition) is 1. The van der Waals surface area contributed by atoms with E-state index in [2.05, 4.69) is 25.1 Å². The number of aromatic nitrogens is 3. The summed E-state index contributed by atoms with van der Waals surface area (Å²) in [6.07, 6.45) is -3.40. The summed E-state index contributed by atoms with van der Waals surface area (Å²) < 4.78 is 56.4. The topological polar surface area (TPSA) is 126 Å². The van der Waals surface area contributed by atoms with Crippen molar-refractivity contribution < 1.29 is 31.9 Å². The molecular weight excluding hydrogens is 614 g/mol. The van der Waals surface area contributed by atoms with Gasteiger partial charge in [0.25, 0.3) is 0 Å². The molecule has 1 atom stereocenters. The number of nitriles is 1. The van der Waals surface area contributed by atoms with Crippen molar-refractivity contribution >= 4 is 34.6 Å². The summed E-state index contributed by atoms with van der Waals surface area (Å²) in [5.41, 5.74) is 2.50. The van der Waals surface area contributed by atoms with Crippen LogP contribution in [0.1, 0.15) is 36.9 Å². The van der Waals surface area contributed by atoms with Crippen LogP contribution in [-0.2, 0) is 4.79 Å². The van der Waals surface area contributed by atoms with Crippen molar-refractivity contribution in [1.82, 2.24) is 20.1 Å². The first-order valence-electron chi connectivity index (χ1n) is 13.3. The number of rotatable bonds is 7. The van der Waals surface area contributed by atoms with Crippen LogP contribution < -0.4 is 15.0 Å². The fourth-order valence-electron chi connectivity index (χ4n) is 4.45. The molecular formula is C30H23F4N7O3S. The number of thioether (sulfide) groups is 1. The highest BCUT2D eigenvalue weighted by atomic mass is 32.2. The Morgan fingerprint density at radius 2 is 1.82 bits per heavy atom. The number of amidine groups is 1. The maximum Gasteiger partial charge on any atom is 0.573 e. The van der Waals surface area contributed by atoms with Crippen molar-refractivity contribution in [3.05, 3.63) is 90.0 Å². The molecule has 1 unspecified atom stereocenters. The van der Waals surface area contributed by atoms with E-state index in [0.717, 1.165) is 23.9 Å². The third kappa shape index (κ3) is 7.29. The first-order chi connectivity index (χ1) is 21.4. The van der Waals surface area contributed by atoms with Gasteiger partial charge in [-0.25, -0.2) is 18.9 Å². The number of benzene rings is 3. The van der Waals surface area contributed by atoms with Crippen molar-refractivity contribution in [2.75, 3.05) is 10.7 Å². The van der Waals surface area contributed by atoms with Gasteiger partial charge in [0.15, 0.2) is 11.0 Å². The van der Waals surface area contributed by atoms with Crippen LogP contribution in [0.3, 0.4) is 0 Å². The van der Waals surface area contributed by atoms with Gasteiger partial charge in [-0.05, 0) is 59.5 Å². The van der Waals surface area contributed by atoms with Gasteiger partial charge < -0.3 is 10.1 Å². The summed E-state index contributed by atoms with van der Waals surface area (Å²) in [4.78, 5) is 35.1. The maximum atomic E-state index is 13.9. The summed E-state index contributed by atoms with van der Waals surface area (Å²) in [7, 11) is 0. The Balaban J connectivity index is 1.28. The molecule has 0 saturated carbocycles. The Bertz CT molecular complexity index is 1800. The van der Waals surface area contributed by atoms with E-state index in [9.17, 15) is 32.4 Å². The third-order valence-corrected chi connectivity index (χ3v) is 7.46. The number of ether oxygens (including phenoxy) is 1. The molecule has 1 saturated heterocycles. The van der Waals surface area contributed by atoms with E-state index in [4.69, 9.17) is 0 Å². The van der Waals surface area contributed by atoms with Crippen LogP contribution in [0, 0.1) is 17.1 Å². The summed E-state index contributed by atoms with van der Waals surface area (Å²) in [6, 6.07) is 15.8. The number of nitrogens with zero attached hydrogens (tertiary/aromatic N) is 6. The minimum Gasteiger partial charge on any atom is -0.406 e. The van der Waals surface area contributed by atoms with Crippen molar-refractivity contribution in [3.8, 4) is 28.9 Å². The number of hydrogen-bond acceptors (Lipinski definition) is 7. The van der Waals surface area contributed by atoms with Gasteiger partial charge in [-0.1, -0.05) is 49.9 Å². The number of alkyl halides is 3. The van der Waals surface area contributed by atoms with Crippen LogP contribution in [-0.4, -0.2) is 44.0 Å². The van der Waals surface area contributed by atoms with Gasteiger partial charge in [0.1, 0.15) is 23.9 Å². The SMILES string of the molecule is CC(C)c1cc(F)ccc1N1C(=O)CSC1=NC(=O)NC(C#N)c1ccc(-c2ncn(-c3ccc(OC(F)(F)F)cc3)n2)cc1. The van der Waals surface area contributed by atoms with Crippen molar-refractivity contribution in [2.45, 2.75) is 32.2 Å². The van der Waals surface area contributed by atoms with Gasteiger partial charge in [0.05, 0.1) is 23.2 Å². The Kier molecular flexibility index (Phi) is 8.87. The summed E-state index contributed by atoms with van der Waals surface area (Å²) in [6.45, 7) is 3.72. The standard InChI is InChI=1S/C30H23F4N7O3S/c1-17(2)23-13-20(31)7-12-25(23)41-26(42)15-45-29(41)38-28(43)37-24(14-35)18-3-5-19(6-4-18)27-36-16-40(39-27)21-8-10-22(11-9-21)44-30(32,33)34/h3-13,16-17,24H,15H2,1-2H3,(H,37,43). The number of halogens is 4. The van der Waals surface area contributed by atoms with Gasteiger partial charge >= 0.3 is 12.4 Å². The Hall–Kier alpha value is -5.23. The van der Waals surface area contributed by atoms with Crippen LogP contribution in [0.2, 0.25) is 0 Å². The third-order valence-electron chi connectivity index (χ3n) is 6.54. The van der Waals surface area contributed by atoms with E-state index >= 15 is 0 Å². The number of nitrogens with one attached hydrogen (secondary N) is 1. The Morgan fingerprint density at radius 1 is 1.11 bits per heavy atom. The monoisotopic (exact) mass is 637 g/mol. The first-order valence-corrected chi connectivity index (χ1v) is 14.3. The molecule has 1 aromatic heterocycles. The molecule has 3 aromatic carbocycles. The first kappa shape index (κ1) is 31.2. The van der Waals surface area contributed by atoms with Crippen molar-refractivity contribution in [2.24, 2.45) is 4.99 Å². The number of amides is 3. The highest BCUT2D eigenvalue weighted by Gasteiger charge is 2.33. The minimum atomic E-state index is -4.80. The molecule has 10 nitrogen and oxygen atoms in total. The predicted octanol–water partition coefficient (Wildman–Crippen LogP) is 6.51. The lowest BCUT2D eigenvalue weighted by molar-refractivity contribution is -0.274. The number of urea groups is 1. The molecule has 1 N–H and O–H groups in total. The Labute approximate surface area is 258 Å². The van der Waals surface area contributed by atoms with Gasteiger partial charge in [-0.2, -0.15) is 10.3 Å². The summed E-state index contributed by atoms with van der Waals surface area (Å²) >= 11 is 1.06. The maximum absolute atomic E-state index is 13.9. The van der Waals surface area contributed by atoms with Crippen LogP contribution in [0.15, 0.2) is 78.0 Å².